The summed E-state index contributed by atoms with van der Waals surface area (Å²) in [5, 5.41) is 9.18. The van der Waals surface area contributed by atoms with Crippen molar-refractivity contribution in [2.75, 3.05) is 18.0 Å². The maximum absolute atomic E-state index is 13.1. The molecule has 0 atom stereocenters. The van der Waals surface area contributed by atoms with Crippen LogP contribution in [-0.4, -0.2) is 28.4 Å². The van der Waals surface area contributed by atoms with Gasteiger partial charge in [-0.3, -0.25) is 14.0 Å². The number of nitrogens with zero attached hydrogens (tertiary/aromatic N) is 4. The summed E-state index contributed by atoms with van der Waals surface area (Å²) in [6, 6.07) is 5.42. The van der Waals surface area contributed by atoms with Crippen LogP contribution in [0.4, 0.5) is 5.82 Å². The second-order valence-corrected chi connectivity index (χ2v) is 6.74. The fourth-order valence-electron chi connectivity index (χ4n) is 3.19. The van der Waals surface area contributed by atoms with Crippen molar-refractivity contribution in [3.8, 4) is 6.07 Å². The summed E-state index contributed by atoms with van der Waals surface area (Å²) < 4.78 is 1.44. The third-order valence-electron chi connectivity index (χ3n) is 4.82. The van der Waals surface area contributed by atoms with Gasteiger partial charge in [-0.25, -0.2) is 4.98 Å². The minimum Gasteiger partial charge on any atom is -0.365 e. The quantitative estimate of drug-likeness (QED) is 0.668. The van der Waals surface area contributed by atoms with Crippen LogP contribution in [0.3, 0.4) is 0 Å². The Kier molecular flexibility index (Phi) is 4.76. The van der Waals surface area contributed by atoms with Crippen molar-refractivity contribution in [3.63, 3.8) is 0 Å². The number of nitriles is 1. The Bertz CT molecular complexity index is 991. The van der Waals surface area contributed by atoms with Crippen molar-refractivity contribution in [1.29, 1.82) is 5.26 Å². The second kappa shape index (κ2) is 7.00. The van der Waals surface area contributed by atoms with Gasteiger partial charge in [0.25, 0.3) is 11.5 Å². The van der Waals surface area contributed by atoms with Crippen molar-refractivity contribution in [1.82, 2.24) is 9.38 Å². The van der Waals surface area contributed by atoms with Gasteiger partial charge in [-0.1, -0.05) is 13.0 Å². The molecule has 7 heteroatoms. The van der Waals surface area contributed by atoms with Gasteiger partial charge in [-0.05, 0) is 43.4 Å². The molecule has 1 aliphatic rings. The van der Waals surface area contributed by atoms with E-state index in [-0.39, 0.29) is 16.7 Å². The molecule has 0 spiro atoms. The zero-order valence-electron chi connectivity index (χ0n) is 14.9. The molecule has 2 N–H and O–H groups in total. The first-order valence-corrected chi connectivity index (χ1v) is 8.61. The molecule has 0 aliphatic carbocycles. The standard InChI is InChI=1S/C19H21N5O2/c1-12-5-8-23(9-6-12)18-15(10-14(11-20)16(21)25)19(26)24-7-3-4-13(2)17(24)22-18/h3-4,7,10,12H,5-6,8-9H2,1-2H3,(H2,21,25)/b14-10-. The number of pyridine rings is 1. The Morgan fingerprint density at radius 3 is 2.73 bits per heavy atom. The van der Waals surface area contributed by atoms with E-state index < -0.39 is 5.91 Å². The monoisotopic (exact) mass is 351 g/mol. The van der Waals surface area contributed by atoms with Gasteiger partial charge in [0, 0.05) is 19.3 Å². The molecule has 3 heterocycles. The zero-order valence-corrected chi connectivity index (χ0v) is 14.9. The van der Waals surface area contributed by atoms with E-state index >= 15 is 0 Å². The van der Waals surface area contributed by atoms with Gasteiger partial charge in [0.05, 0.1) is 5.56 Å². The number of primary amides is 1. The number of piperidine rings is 1. The fourth-order valence-corrected chi connectivity index (χ4v) is 3.19. The van der Waals surface area contributed by atoms with Crippen LogP contribution in [0.25, 0.3) is 11.7 Å². The number of rotatable bonds is 3. The molecular weight excluding hydrogens is 330 g/mol. The number of amides is 1. The van der Waals surface area contributed by atoms with Gasteiger partial charge >= 0.3 is 0 Å². The molecule has 0 unspecified atom stereocenters. The van der Waals surface area contributed by atoms with E-state index in [4.69, 9.17) is 10.7 Å². The Morgan fingerprint density at radius 2 is 2.12 bits per heavy atom. The zero-order chi connectivity index (χ0) is 18.8. The molecule has 0 bridgehead atoms. The van der Waals surface area contributed by atoms with Crippen LogP contribution in [0.2, 0.25) is 0 Å². The molecular formula is C19H21N5O2. The predicted octanol–water partition coefficient (Wildman–Crippen LogP) is 1.63. The number of aromatic nitrogens is 2. The van der Waals surface area contributed by atoms with Gasteiger partial charge in [0.15, 0.2) is 0 Å². The smallest absolute Gasteiger partial charge is 0.267 e. The lowest BCUT2D eigenvalue weighted by Crippen LogP contribution is -2.36. The summed E-state index contributed by atoms with van der Waals surface area (Å²) >= 11 is 0. The Hall–Kier alpha value is -3.14. The average Bonchev–Trinajstić information content (AvgIpc) is 2.62. The van der Waals surface area contributed by atoms with Crippen molar-refractivity contribution in [2.24, 2.45) is 11.7 Å². The third-order valence-corrected chi connectivity index (χ3v) is 4.82. The topological polar surface area (TPSA) is 104 Å². The van der Waals surface area contributed by atoms with E-state index in [9.17, 15) is 14.9 Å². The number of carbonyl (C=O) groups excluding carboxylic acids is 1. The first kappa shape index (κ1) is 17.7. The van der Waals surface area contributed by atoms with Crippen LogP contribution in [0, 0.1) is 24.2 Å². The molecule has 1 fully saturated rings. The van der Waals surface area contributed by atoms with Crippen molar-refractivity contribution in [3.05, 3.63) is 45.4 Å². The Morgan fingerprint density at radius 1 is 1.42 bits per heavy atom. The van der Waals surface area contributed by atoms with Crippen molar-refractivity contribution >= 4 is 23.4 Å². The highest BCUT2D eigenvalue weighted by molar-refractivity contribution is 6.01. The molecule has 7 nitrogen and oxygen atoms in total. The second-order valence-electron chi connectivity index (χ2n) is 6.74. The summed E-state index contributed by atoms with van der Waals surface area (Å²) in [6.45, 7) is 5.64. The molecule has 3 rings (SSSR count). The average molecular weight is 351 g/mol. The van der Waals surface area contributed by atoms with E-state index in [1.54, 1.807) is 18.3 Å². The lowest BCUT2D eigenvalue weighted by atomic mass is 9.99. The van der Waals surface area contributed by atoms with Crippen LogP contribution < -0.4 is 16.2 Å². The number of hydrogen-bond donors (Lipinski definition) is 1. The molecule has 1 amide bonds. The molecule has 1 aliphatic heterocycles. The van der Waals surface area contributed by atoms with Crippen LogP contribution in [0.1, 0.15) is 30.9 Å². The van der Waals surface area contributed by atoms with Gasteiger partial charge in [0.2, 0.25) is 0 Å². The van der Waals surface area contributed by atoms with Gasteiger partial charge < -0.3 is 10.6 Å². The van der Waals surface area contributed by atoms with E-state index in [0.717, 1.165) is 31.5 Å². The number of aryl methyl sites for hydroxylation is 1. The fraction of sp³-hybridized carbons (Fsp3) is 0.368. The Balaban J connectivity index is 2.28. The van der Waals surface area contributed by atoms with Crippen LogP contribution in [0.15, 0.2) is 28.7 Å². The normalized spacial score (nSPS) is 15.9. The summed E-state index contributed by atoms with van der Waals surface area (Å²) in [6.07, 6.45) is 4.89. The summed E-state index contributed by atoms with van der Waals surface area (Å²) in [5.74, 6) is 0.262. The molecule has 134 valence electrons. The van der Waals surface area contributed by atoms with Crippen molar-refractivity contribution in [2.45, 2.75) is 26.7 Å². The highest BCUT2D eigenvalue weighted by Crippen LogP contribution is 2.25. The third kappa shape index (κ3) is 3.18. The van der Waals surface area contributed by atoms with E-state index in [1.165, 1.54) is 10.5 Å². The predicted molar refractivity (Wildman–Crippen MR) is 99.6 cm³/mol. The number of nitrogens with two attached hydrogens (primary N) is 1. The maximum Gasteiger partial charge on any atom is 0.267 e. The van der Waals surface area contributed by atoms with Crippen LogP contribution >= 0.6 is 0 Å². The summed E-state index contributed by atoms with van der Waals surface area (Å²) in [5.41, 5.74) is 6.34. The lowest BCUT2D eigenvalue weighted by Gasteiger charge is -2.32. The first-order chi connectivity index (χ1) is 12.4. The Labute approximate surface area is 151 Å². The van der Waals surface area contributed by atoms with Crippen LogP contribution in [-0.2, 0) is 4.79 Å². The minimum absolute atomic E-state index is 0.220. The highest BCUT2D eigenvalue weighted by atomic mass is 16.1. The molecule has 0 saturated carbocycles. The maximum atomic E-state index is 13.1. The summed E-state index contributed by atoms with van der Waals surface area (Å²) in [4.78, 5) is 31.3. The van der Waals surface area contributed by atoms with E-state index in [0.29, 0.717) is 17.4 Å². The molecule has 0 aromatic carbocycles. The van der Waals surface area contributed by atoms with Crippen LogP contribution in [0.5, 0.6) is 0 Å². The van der Waals surface area contributed by atoms with Crippen molar-refractivity contribution < 1.29 is 4.79 Å². The molecule has 2 aromatic heterocycles. The first-order valence-electron chi connectivity index (χ1n) is 8.61. The minimum atomic E-state index is -0.862. The number of hydrogen-bond acceptors (Lipinski definition) is 5. The molecule has 0 radical (unpaired) electrons. The summed E-state index contributed by atoms with van der Waals surface area (Å²) in [7, 11) is 0. The molecule has 26 heavy (non-hydrogen) atoms. The molecule has 1 saturated heterocycles. The molecule has 2 aromatic rings. The van der Waals surface area contributed by atoms with Gasteiger partial charge in [-0.15, -0.1) is 0 Å². The van der Waals surface area contributed by atoms with Gasteiger partial charge in [0.1, 0.15) is 23.1 Å². The number of carbonyl (C=O) groups is 1. The SMILES string of the molecule is Cc1cccn2c(=O)c(/C=C(/C#N)C(N)=O)c(N3CCC(C)CC3)nc12. The van der Waals surface area contributed by atoms with E-state index in [2.05, 4.69) is 11.8 Å². The largest absolute Gasteiger partial charge is 0.365 e. The van der Waals surface area contributed by atoms with Gasteiger partial charge in [-0.2, -0.15) is 5.26 Å². The van der Waals surface area contributed by atoms with E-state index in [1.807, 2.05) is 13.0 Å². The number of anilines is 1. The highest BCUT2D eigenvalue weighted by Gasteiger charge is 2.23. The lowest BCUT2D eigenvalue weighted by molar-refractivity contribution is -0.114. The number of fused-ring (bicyclic) bond motifs is 1.